The third-order valence-corrected chi connectivity index (χ3v) is 2.31. The van der Waals surface area contributed by atoms with Crippen LogP contribution in [0.15, 0.2) is 0 Å². The van der Waals surface area contributed by atoms with Gasteiger partial charge in [-0.05, 0) is 25.7 Å². The maximum Gasteiger partial charge on any atom is 0.0700 e. The third kappa shape index (κ3) is 11.9. The summed E-state index contributed by atoms with van der Waals surface area (Å²) >= 11 is 0. The van der Waals surface area contributed by atoms with Crippen LogP contribution >= 0.6 is 0 Å². The van der Waals surface area contributed by atoms with Crippen molar-refractivity contribution in [1.82, 2.24) is 0 Å². The average Bonchev–Trinajstić information content (AvgIpc) is 2.31. The van der Waals surface area contributed by atoms with Crippen molar-refractivity contribution in [2.24, 2.45) is 0 Å². The van der Waals surface area contributed by atoms with Gasteiger partial charge in [-0.2, -0.15) is 0 Å². The molecule has 0 saturated heterocycles. The predicted octanol–water partition coefficient (Wildman–Crippen LogP) is 1.61. The van der Waals surface area contributed by atoms with Crippen molar-refractivity contribution in [2.75, 3.05) is 40.1 Å². The quantitative estimate of drug-likeness (QED) is 0.521. The molecule has 1 N–H and O–H groups in total. The molecular formula is C12H26O4. The van der Waals surface area contributed by atoms with Crippen molar-refractivity contribution in [1.29, 1.82) is 0 Å². The van der Waals surface area contributed by atoms with Gasteiger partial charge in [-0.15, -0.1) is 0 Å². The van der Waals surface area contributed by atoms with E-state index in [9.17, 15) is 5.11 Å². The lowest BCUT2D eigenvalue weighted by molar-refractivity contribution is 0.0487. The van der Waals surface area contributed by atoms with Gasteiger partial charge in [0.1, 0.15) is 0 Å². The van der Waals surface area contributed by atoms with Gasteiger partial charge >= 0.3 is 0 Å². The van der Waals surface area contributed by atoms with E-state index in [0.717, 1.165) is 45.5 Å². The number of hydrogen-bond acceptors (Lipinski definition) is 4. The molecule has 0 aromatic heterocycles. The number of aliphatic hydroxyl groups is 1. The lowest BCUT2D eigenvalue weighted by atomic mass is 10.1. The molecule has 1 unspecified atom stereocenters. The zero-order chi connectivity index (χ0) is 12.1. The Morgan fingerprint density at radius 2 is 1.56 bits per heavy atom. The number of aliphatic hydroxyl groups excluding tert-OH is 1. The molecule has 0 bridgehead atoms. The summed E-state index contributed by atoms with van der Waals surface area (Å²) in [7, 11) is 1.66. The summed E-state index contributed by atoms with van der Waals surface area (Å²) in [6.07, 6.45) is 3.34. The van der Waals surface area contributed by atoms with Crippen LogP contribution in [0.2, 0.25) is 0 Å². The van der Waals surface area contributed by atoms with Crippen LogP contribution in [0.1, 0.15) is 32.6 Å². The van der Waals surface area contributed by atoms with Gasteiger partial charge in [-0.25, -0.2) is 0 Å². The lowest BCUT2D eigenvalue weighted by Gasteiger charge is -2.08. The first-order valence-corrected chi connectivity index (χ1v) is 6.13. The van der Waals surface area contributed by atoms with Gasteiger partial charge in [0.2, 0.25) is 0 Å². The highest BCUT2D eigenvalue weighted by Crippen LogP contribution is 2.00. The molecule has 0 amide bonds. The van der Waals surface area contributed by atoms with Crippen molar-refractivity contribution < 1.29 is 19.3 Å². The highest BCUT2D eigenvalue weighted by Gasteiger charge is 1.99. The highest BCUT2D eigenvalue weighted by molar-refractivity contribution is 4.51. The fourth-order valence-corrected chi connectivity index (χ4v) is 1.23. The third-order valence-electron chi connectivity index (χ3n) is 2.31. The first-order chi connectivity index (χ1) is 7.81. The zero-order valence-electron chi connectivity index (χ0n) is 10.6. The molecule has 16 heavy (non-hydrogen) atoms. The largest absolute Gasteiger partial charge is 0.393 e. The van der Waals surface area contributed by atoms with Crippen LogP contribution in [0.5, 0.6) is 0 Å². The molecule has 0 fully saturated rings. The van der Waals surface area contributed by atoms with Crippen LogP contribution in [0.3, 0.4) is 0 Å². The van der Waals surface area contributed by atoms with Crippen molar-refractivity contribution in [2.45, 2.75) is 38.7 Å². The molecule has 0 aliphatic rings. The van der Waals surface area contributed by atoms with Gasteiger partial charge in [0.15, 0.2) is 0 Å². The van der Waals surface area contributed by atoms with E-state index in [4.69, 9.17) is 14.2 Å². The molecule has 0 saturated carbocycles. The van der Waals surface area contributed by atoms with Crippen LogP contribution in [0.4, 0.5) is 0 Å². The maximum atomic E-state index is 9.29. The minimum Gasteiger partial charge on any atom is -0.393 e. The van der Waals surface area contributed by atoms with E-state index >= 15 is 0 Å². The van der Waals surface area contributed by atoms with Gasteiger partial charge < -0.3 is 19.3 Å². The number of rotatable bonds is 12. The lowest BCUT2D eigenvalue weighted by Crippen LogP contribution is -2.08. The topological polar surface area (TPSA) is 47.9 Å². The monoisotopic (exact) mass is 234 g/mol. The molecule has 98 valence electrons. The van der Waals surface area contributed by atoms with Crippen molar-refractivity contribution in [3.8, 4) is 0 Å². The van der Waals surface area contributed by atoms with Crippen molar-refractivity contribution in [3.05, 3.63) is 0 Å². The molecule has 0 aliphatic carbocycles. The van der Waals surface area contributed by atoms with Crippen LogP contribution in [0, 0.1) is 0 Å². The molecule has 1 atom stereocenters. The smallest absolute Gasteiger partial charge is 0.0700 e. The highest BCUT2D eigenvalue weighted by atomic mass is 16.5. The Morgan fingerprint density at radius 1 is 0.938 bits per heavy atom. The first kappa shape index (κ1) is 15.8. The van der Waals surface area contributed by atoms with Crippen LogP contribution < -0.4 is 0 Å². The molecule has 4 heteroatoms. The van der Waals surface area contributed by atoms with E-state index in [-0.39, 0.29) is 6.10 Å². The molecule has 0 aliphatic heterocycles. The maximum absolute atomic E-state index is 9.29. The Bertz CT molecular complexity index is 130. The summed E-state index contributed by atoms with van der Waals surface area (Å²) < 4.78 is 15.6. The Hall–Kier alpha value is -0.160. The molecule has 4 nitrogen and oxygen atoms in total. The van der Waals surface area contributed by atoms with E-state index in [1.54, 1.807) is 7.11 Å². The summed E-state index contributed by atoms with van der Waals surface area (Å²) in [6, 6.07) is 0. The second kappa shape index (κ2) is 12.9. The zero-order valence-corrected chi connectivity index (χ0v) is 10.6. The van der Waals surface area contributed by atoms with E-state index in [1.807, 2.05) is 6.92 Å². The molecule has 0 radical (unpaired) electrons. The summed E-state index contributed by atoms with van der Waals surface area (Å²) in [4.78, 5) is 0. The van der Waals surface area contributed by atoms with E-state index < -0.39 is 0 Å². The molecule has 0 aromatic carbocycles. The fourth-order valence-electron chi connectivity index (χ4n) is 1.23. The minimum atomic E-state index is -0.166. The Labute approximate surface area is 98.9 Å². The average molecular weight is 234 g/mol. The fraction of sp³-hybridized carbons (Fsp3) is 1.00. The summed E-state index contributed by atoms with van der Waals surface area (Å²) in [6.45, 7) is 5.48. The van der Waals surface area contributed by atoms with E-state index in [1.165, 1.54) is 0 Å². The van der Waals surface area contributed by atoms with Gasteiger partial charge in [0, 0.05) is 26.9 Å². The van der Waals surface area contributed by atoms with Crippen molar-refractivity contribution in [3.63, 3.8) is 0 Å². The van der Waals surface area contributed by atoms with Crippen molar-refractivity contribution >= 4 is 0 Å². The number of methoxy groups -OCH3 is 1. The van der Waals surface area contributed by atoms with E-state index in [0.29, 0.717) is 13.2 Å². The molecule has 0 rings (SSSR count). The summed E-state index contributed by atoms with van der Waals surface area (Å²) in [5.41, 5.74) is 0. The van der Waals surface area contributed by atoms with Gasteiger partial charge in [0.05, 0.1) is 19.3 Å². The summed E-state index contributed by atoms with van der Waals surface area (Å²) in [5, 5.41) is 9.29. The molecule has 0 aromatic rings. The number of ether oxygens (including phenoxy) is 3. The normalized spacial score (nSPS) is 12.9. The second-order valence-electron chi connectivity index (χ2n) is 3.78. The Morgan fingerprint density at radius 3 is 2.19 bits per heavy atom. The van der Waals surface area contributed by atoms with E-state index in [2.05, 4.69) is 0 Å². The first-order valence-electron chi connectivity index (χ1n) is 6.13. The van der Waals surface area contributed by atoms with Crippen LogP contribution in [-0.4, -0.2) is 51.4 Å². The molecule has 0 spiro atoms. The SMILES string of the molecule is CCC(O)CCCOCCCOCCOC. The Kier molecular flexibility index (Phi) is 12.8. The second-order valence-corrected chi connectivity index (χ2v) is 3.78. The van der Waals surface area contributed by atoms with Gasteiger partial charge in [-0.3, -0.25) is 0 Å². The Balaban J connectivity index is 2.93. The molecule has 0 heterocycles. The molecular weight excluding hydrogens is 208 g/mol. The number of hydrogen-bond donors (Lipinski definition) is 1. The van der Waals surface area contributed by atoms with Gasteiger partial charge in [-0.1, -0.05) is 6.92 Å². The van der Waals surface area contributed by atoms with Crippen LogP contribution in [-0.2, 0) is 14.2 Å². The minimum absolute atomic E-state index is 0.166. The van der Waals surface area contributed by atoms with Gasteiger partial charge in [0.25, 0.3) is 0 Å². The summed E-state index contributed by atoms with van der Waals surface area (Å²) in [5.74, 6) is 0. The predicted molar refractivity (Wildman–Crippen MR) is 63.7 cm³/mol. The standard InChI is InChI=1S/C12H26O4/c1-3-12(13)6-4-7-15-8-5-9-16-11-10-14-2/h12-13H,3-11H2,1-2H3. The van der Waals surface area contributed by atoms with Crippen LogP contribution in [0.25, 0.3) is 0 Å².